The summed E-state index contributed by atoms with van der Waals surface area (Å²) in [4.78, 5) is 32.3. The van der Waals surface area contributed by atoms with Crippen LogP contribution in [0.1, 0.15) is 27.7 Å². The number of fused-ring (bicyclic) bond motifs is 1. The number of hydrogen-bond donors (Lipinski definition) is 1. The number of aromatic amines is 1. The van der Waals surface area contributed by atoms with Crippen LogP contribution in [0, 0.1) is 18.3 Å². The highest BCUT2D eigenvalue weighted by Gasteiger charge is 2.28. The SMILES string of the molecule is Cc1ccc2nc([C@H](C#N)C(=O)c3ccc(S(=O)(=O)N4CCOCC4)cc3)[nH]c(=O)c2c1. The second-order valence-electron chi connectivity index (χ2n) is 7.44. The maximum absolute atomic E-state index is 13.0. The molecule has 9 nitrogen and oxygen atoms in total. The van der Waals surface area contributed by atoms with E-state index in [2.05, 4.69) is 9.97 Å². The van der Waals surface area contributed by atoms with E-state index in [1.165, 1.54) is 28.6 Å². The average molecular weight is 452 g/mol. The zero-order chi connectivity index (χ0) is 22.9. The molecule has 1 atom stereocenters. The van der Waals surface area contributed by atoms with Crippen LogP contribution in [0.25, 0.3) is 10.9 Å². The van der Waals surface area contributed by atoms with Gasteiger partial charge in [0.1, 0.15) is 5.82 Å². The summed E-state index contributed by atoms with van der Waals surface area (Å²) >= 11 is 0. The zero-order valence-corrected chi connectivity index (χ0v) is 18.1. The number of benzene rings is 2. The number of H-pyrrole nitrogens is 1. The van der Waals surface area contributed by atoms with Crippen molar-refractivity contribution >= 4 is 26.7 Å². The van der Waals surface area contributed by atoms with Crippen LogP contribution in [0.2, 0.25) is 0 Å². The lowest BCUT2D eigenvalue weighted by Crippen LogP contribution is -2.40. The van der Waals surface area contributed by atoms with Crippen LogP contribution in [-0.4, -0.2) is 54.8 Å². The van der Waals surface area contributed by atoms with Gasteiger partial charge in [0.15, 0.2) is 11.7 Å². The molecule has 0 bridgehead atoms. The number of nitrogens with zero attached hydrogens (tertiary/aromatic N) is 3. The van der Waals surface area contributed by atoms with Gasteiger partial charge in [-0.05, 0) is 31.2 Å². The van der Waals surface area contributed by atoms with Crippen LogP contribution >= 0.6 is 0 Å². The smallest absolute Gasteiger partial charge is 0.258 e. The second kappa shape index (κ2) is 8.63. The fourth-order valence-electron chi connectivity index (χ4n) is 3.55. The Bertz CT molecular complexity index is 1380. The molecule has 0 spiro atoms. The lowest BCUT2D eigenvalue weighted by molar-refractivity contribution is 0.0730. The Balaban J connectivity index is 1.63. The monoisotopic (exact) mass is 452 g/mol. The Labute approximate surface area is 184 Å². The number of carbonyl (C=O) groups is 1. The number of Topliss-reactive ketones (excluding diaryl/α,β-unsaturated/α-hetero) is 1. The number of nitriles is 1. The standard InChI is InChI=1S/C22H20N4O5S/c1-14-2-7-19-17(12-14)22(28)25-21(24-19)18(13-23)20(27)15-3-5-16(6-4-15)32(29,30)26-8-10-31-11-9-26/h2-7,12,18H,8-11H2,1H3,(H,24,25,28)/t18-/m1/s1. The van der Waals surface area contributed by atoms with Crippen molar-refractivity contribution in [3.05, 3.63) is 69.8 Å². The van der Waals surface area contributed by atoms with Gasteiger partial charge in [-0.15, -0.1) is 0 Å². The Hall–Kier alpha value is -3.39. The molecule has 1 saturated heterocycles. The molecule has 0 saturated carbocycles. The predicted molar refractivity (Wildman–Crippen MR) is 116 cm³/mol. The molecule has 2 aromatic carbocycles. The molecular formula is C22H20N4O5S. The summed E-state index contributed by atoms with van der Waals surface area (Å²) in [6, 6.07) is 12.4. The molecule has 1 fully saturated rings. The van der Waals surface area contributed by atoms with Gasteiger partial charge in [-0.1, -0.05) is 23.8 Å². The van der Waals surface area contributed by atoms with Crippen LogP contribution < -0.4 is 5.56 Å². The quantitative estimate of drug-likeness (QED) is 0.583. The fraction of sp³-hybridized carbons (Fsp3) is 0.273. The number of ether oxygens (including phenoxy) is 1. The Morgan fingerprint density at radius 1 is 1.19 bits per heavy atom. The third-order valence-electron chi connectivity index (χ3n) is 5.29. The lowest BCUT2D eigenvalue weighted by atomic mass is 9.98. The van der Waals surface area contributed by atoms with Gasteiger partial charge in [-0.25, -0.2) is 13.4 Å². The molecule has 0 aliphatic carbocycles. The molecule has 10 heteroatoms. The number of ketones is 1. The normalized spacial score (nSPS) is 15.9. The summed E-state index contributed by atoms with van der Waals surface area (Å²) in [5, 5.41) is 10.00. The topological polar surface area (TPSA) is 133 Å². The van der Waals surface area contributed by atoms with E-state index in [1.807, 2.05) is 13.0 Å². The summed E-state index contributed by atoms with van der Waals surface area (Å²) in [7, 11) is -3.70. The van der Waals surface area contributed by atoms with E-state index < -0.39 is 27.3 Å². The molecule has 1 aliphatic rings. The summed E-state index contributed by atoms with van der Waals surface area (Å²) in [5.74, 6) is -1.98. The van der Waals surface area contributed by atoms with E-state index in [1.54, 1.807) is 18.2 Å². The predicted octanol–water partition coefficient (Wildman–Crippen LogP) is 1.74. The van der Waals surface area contributed by atoms with Crippen molar-refractivity contribution < 1.29 is 17.9 Å². The van der Waals surface area contributed by atoms with Crippen molar-refractivity contribution in [1.29, 1.82) is 5.26 Å². The van der Waals surface area contributed by atoms with Crippen molar-refractivity contribution in [1.82, 2.24) is 14.3 Å². The van der Waals surface area contributed by atoms with Gasteiger partial charge in [-0.3, -0.25) is 9.59 Å². The maximum Gasteiger partial charge on any atom is 0.258 e. The number of hydrogen-bond acceptors (Lipinski definition) is 7. The van der Waals surface area contributed by atoms with Crippen molar-refractivity contribution in [2.75, 3.05) is 26.3 Å². The highest BCUT2D eigenvalue weighted by Crippen LogP contribution is 2.22. The Morgan fingerprint density at radius 2 is 1.88 bits per heavy atom. The molecule has 3 aromatic rings. The van der Waals surface area contributed by atoms with Crippen molar-refractivity contribution in [2.24, 2.45) is 0 Å². The van der Waals surface area contributed by atoms with E-state index in [0.717, 1.165) is 5.56 Å². The van der Waals surface area contributed by atoms with Crippen molar-refractivity contribution in [3.63, 3.8) is 0 Å². The highest BCUT2D eigenvalue weighted by atomic mass is 32.2. The van der Waals surface area contributed by atoms with E-state index in [0.29, 0.717) is 24.1 Å². The molecule has 2 heterocycles. The summed E-state index contributed by atoms with van der Waals surface area (Å²) in [6.07, 6.45) is 0. The van der Waals surface area contributed by atoms with Crippen LogP contribution in [0.4, 0.5) is 0 Å². The van der Waals surface area contributed by atoms with E-state index in [-0.39, 0.29) is 29.4 Å². The number of aryl methyl sites for hydroxylation is 1. The third-order valence-corrected chi connectivity index (χ3v) is 7.20. The average Bonchev–Trinajstić information content (AvgIpc) is 2.80. The molecule has 1 aromatic heterocycles. The summed E-state index contributed by atoms with van der Waals surface area (Å²) < 4.78 is 32.0. The van der Waals surface area contributed by atoms with Gasteiger partial charge in [0.25, 0.3) is 5.56 Å². The van der Waals surface area contributed by atoms with Crippen LogP contribution in [0.5, 0.6) is 0 Å². The van der Waals surface area contributed by atoms with Gasteiger partial charge >= 0.3 is 0 Å². The molecule has 0 unspecified atom stereocenters. The minimum atomic E-state index is -3.70. The number of carbonyl (C=O) groups excluding carboxylic acids is 1. The number of nitrogens with one attached hydrogen (secondary N) is 1. The van der Waals surface area contributed by atoms with Crippen LogP contribution in [0.3, 0.4) is 0 Å². The summed E-state index contributed by atoms with van der Waals surface area (Å²) in [5.41, 5.74) is 0.977. The second-order valence-corrected chi connectivity index (χ2v) is 9.38. The van der Waals surface area contributed by atoms with Gasteiger partial charge in [0.05, 0.1) is 35.1 Å². The van der Waals surface area contributed by atoms with Gasteiger partial charge in [-0.2, -0.15) is 9.57 Å². The van der Waals surface area contributed by atoms with Crippen LogP contribution in [0.15, 0.2) is 52.2 Å². The number of aromatic nitrogens is 2. The lowest BCUT2D eigenvalue weighted by Gasteiger charge is -2.26. The van der Waals surface area contributed by atoms with Gasteiger partial charge in [0, 0.05) is 18.7 Å². The van der Waals surface area contributed by atoms with E-state index >= 15 is 0 Å². The number of sulfonamides is 1. The van der Waals surface area contributed by atoms with Crippen molar-refractivity contribution in [3.8, 4) is 6.07 Å². The maximum atomic E-state index is 13.0. The molecule has 0 amide bonds. The van der Waals surface area contributed by atoms with Crippen LogP contribution in [-0.2, 0) is 14.8 Å². The zero-order valence-electron chi connectivity index (χ0n) is 17.2. The van der Waals surface area contributed by atoms with E-state index in [4.69, 9.17) is 4.74 Å². The minimum Gasteiger partial charge on any atom is -0.379 e. The third kappa shape index (κ3) is 4.05. The Morgan fingerprint density at radius 3 is 2.53 bits per heavy atom. The molecule has 1 N–H and O–H groups in total. The molecule has 1 aliphatic heterocycles. The minimum absolute atomic E-state index is 0.0520. The summed E-state index contributed by atoms with van der Waals surface area (Å²) in [6.45, 7) is 3.03. The number of morpholine rings is 1. The highest BCUT2D eigenvalue weighted by molar-refractivity contribution is 7.89. The fourth-order valence-corrected chi connectivity index (χ4v) is 4.95. The molecular weight excluding hydrogens is 432 g/mol. The first-order valence-corrected chi connectivity index (χ1v) is 11.4. The first kappa shape index (κ1) is 21.8. The first-order valence-electron chi connectivity index (χ1n) is 9.93. The molecule has 32 heavy (non-hydrogen) atoms. The molecule has 0 radical (unpaired) electrons. The Kier molecular flexibility index (Phi) is 5.88. The molecule has 4 rings (SSSR count). The van der Waals surface area contributed by atoms with Gasteiger partial charge in [0.2, 0.25) is 10.0 Å². The molecule has 164 valence electrons. The first-order chi connectivity index (χ1) is 15.3. The van der Waals surface area contributed by atoms with Gasteiger partial charge < -0.3 is 9.72 Å². The van der Waals surface area contributed by atoms with E-state index in [9.17, 15) is 23.3 Å². The van der Waals surface area contributed by atoms with Crippen molar-refractivity contribution in [2.45, 2.75) is 17.7 Å². The largest absolute Gasteiger partial charge is 0.379 e. The number of rotatable bonds is 5.